The van der Waals surface area contributed by atoms with Crippen LogP contribution in [0.1, 0.15) is 64.1 Å². The van der Waals surface area contributed by atoms with Gasteiger partial charge in [0.15, 0.2) is 0 Å². The molecule has 0 saturated heterocycles. The number of fused-ring (bicyclic) bond motifs is 1. The van der Waals surface area contributed by atoms with Crippen molar-refractivity contribution in [3.8, 4) is 0 Å². The molecule has 3 rings (SSSR count). The Morgan fingerprint density at radius 3 is 2.67 bits per heavy atom. The Labute approximate surface area is 162 Å². The van der Waals surface area contributed by atoms with Gasteiger partial charge < -0.3 is 19.5 Å². The summed E-state index contributed by atoms with van der Waals surface area (Å²) in [6, 6.07) is 4.42. The Hall–Kier alpha value is -1.98. The highest BCUT2D eigenvalue weighted by molar-refractivity contribution is 5.75. The number of aromatic nitrogens is 1. The number of urea groups is 1. The molecule has 2 heterocycles. The topological polar surface area (TPSA) is 63.6 Å². The standard InChI is InChI=1S/C21H33N3O3/c1-3-6-19-18-7-5-12-23(18)13-14-24(19)21(26)22-15-16-8-10-17(11-9-16)20(25)27-4-2/h5,7,12,16-17,19H,3-4,6,8-11,13-15H2,1-2H3,(H,22,26)/t16?,17?,19-/m1/s1. The largest absolute Gasteiger partial charge is 0.466 e. The molecular weight excluding hydrogens is 342 g/mol. The van der Waals surface area contributed by atoms with Crippen LogP contribution in [-0.4, -0.2) is 41.2 Å². The van der Waals surface area contributed by atoms with Gasteiger partial charge in [-0.25, -0.2) is 4.79 Å². The van der Waals surface area contributed by atoms with E-state index in [1.807, 2.05) is 11.8 Å². The van der Waals surface area contributed by atoms with E-state index in [0.29, 0.717) is 19.1 Å². The van der Waals surface area contributed by atoms with Crippen LogP contribution in [0.5, 0.6) is 0 Å². The van der Waals surface area contributed by atoms with Gasteiger partial charge in [0.05, 0.1) is 18.6 Å². The van der Waals surface area contributed by atoms with Crippen molar-refractivity contribution in [1.82, 2.24) is 14.8 Å². The second-order valence-electron chi connectivity index (χ2n) is 7.78. The molecule has 1 aliphatic heterocycles. The Balaban J connectivity index is 1.49. The highest BCUT2D eigenvalue weighted by Crippen LogP contribution is 2.31. The number of ether oxygens (including phenoxy) is 1. The molecule has 27 heavy (non-hydrogen) atoms. The van der Waals surface area contributed by atoms with Gasteiger partial charge in [-0.1, -0.05) is 13.3 Å². The van der Waals surface area contributed by atoms with Crippen molar-refractivity contribution in [1.29, 1.82) is 0 Å². The molecular formula is C21H33N3O3. The van der Waals surface area contributed by atoms with Crippen LogP contribution in [0.2, 0.25) is 0 Å². The molecule has 1 aromatic heterocycles. The number of hydrogen-bond donors (Lipinski definition) is 1. The Morgan fingerprint density at radius 2 is 1.96 bits per heavy atom. The Bertz CT molecular complexity index is 634. The molecule has 6 heteroatoms. The molecule has 0 unspecified atom stereocenters. The van der Waals surface area contributed by atoms with E-state index in [-0.39, 0.29) is 24.0 Å². The predicted octanol–water partition coefficient (Wildman–Crippen LogP) is 3.72. The van der Waals surface area contributed by atoms with Crippen molar-refractivity contribution in [2.75, 3.05) is 19.7 Å². The van der Waals surface area contributed by atoms with Gasteiger partial charge in [0.1, 0.15) is 0 Å². The van der Waals surface area contributed by atoms with Crippen LogP contribution in [-0.2, 0) is 16.1 Å². The third-order valence-electron chi connectivity index (χ3n) is 6.00. The van der Waals surface area contributed by atoms with E-state index < -0.39 is 0 Å². The van der Waals surface area contributed by atoms with Crippen LogP contribution in [0.3, 0.4) is 0 Å². The maximum Gasteiger partial charge on any atom is 0.318 e. The quantitative estimate of drug-likeness (QED) is 0.771. The minimum Gasteiger partial charge on any atom is -0.466 e. The molecule has 1 aliphatic carbocycles. The first-order valence-corrected chi connectivity index (χ1v) is 10.5. The van der Waals surface area contributed by atoms with Crippen molar-refractivity contribution in [3.63, 3.8) is 0 Å². The lowest BCUT2D eigenvalue weighted by molar-refractivity contribution is -0.149. The van der Waals surface area contributed by atoms with Gasteiger partial charge in [-0.05, 0) is 57.1 Å². The molecule has 1 fully saturated rings. The summed E-state index contributed by atoms with van der Waals surface area (Å²) in [4.78, 5) is 26.7. The fraction of sp³-hybridized carbons (Fsp3) is 0.714. The molecule has 0 aromatic carbocycles. The van der Waals surface area contributed by atoms with Crippen molar-refractivity contribution in [3.05, 3.63) is 24.0 Å². The molecule has 150 valence electrons. The van der Waals surface area contributed by atoms with Crippen LogP contribution in [0, 0.1) is 11.8 Å². The fourth-order valence-electron chi connectivity index (χ4n) is 4.48. The molecule has 1 aromatic rings. The highest BCUT2D eigenvalue weighted by Gasteiger charge is 2.31. The number of carbonyl (C=O) groups is 2. The molecule has 6 nitrogen and oxygen atoms in total. The maximum absolute atomic E-state index is 12.8. The Morgan fingerprint density at radius 1 is 1.19 bits per heavy atom. The first-order chi connectivity index (χ1) is 13.1. The molecule has 2 aliphatic rings. The Kier molecular flexibility index (Phi) is 6.80. The summed E-state index contributed by atoms with van der Waals surface area (Å²) in [6.45, 7) is 6.79. The van der Waals surface area contributed by atoms with Gasteiger partial charge in [-0.15, -0.1) is 0 Å². The van der Waals surface area contributed by atoms with Crippen molar-refractivity contribution in [2.24, 2.45) is 11.8 Å². The maximum atomic E-state index is 12.8. The summed E-state index contributed by atoms with van der Waals surface area (Å²) in [5.74, 6) is 0.442. The van der Waals surface area contributed by atoms with Crippen molar-refractivity contribution < 1.29 is 14.3 Å². The first kappa shape index (κ1) is 19.8. The molecule has 1 atom stereocenters. The monoisotopic (exact) mass is 375 g/mol. The zero-order valence-electron chi connectivity index (χ0n) is 16.7. The molecule has 0 radical (unpaired) electrons. The minimum absolute atomic E-state index is 0.0423. The third-order valence-corrected chi connectivity index (χ3v) is 6.00. The minimum atomic E-state index is -0.0567. The normalized spacial score (nSPS) is 25.0. The van der Waals surface area contributed by atoms with E-state index in [4.69, 9.17) is 4.74 Å². The van der Waals surface area contributed by atoms with Crippen LogP contribution in [0.15, 0.2) is 18.3 Å². The summed E-state index contributed by atoms with van der Waals surface area (Å²) in [5.41, 5.74) is 1.24. The van der Waals surface area contributed by atoms with Crippen molar-refractivity contribution in [2.45, 2.75) is 65.0 Å². The summed E-state index contributed by atoms with van der Waals surface area (Å²) in [6.07, 6.45) is 7.84. The van der Waals surface area contributed by atoms with Crippen molar-refractivity contribution >= 4 is 12.0 Å². The molecule has 0 bridgehead atoms. The smallest absolute Gasteiger partial charge is 0.318 e. The number of nitrogens with one attached hydrogen (secondary N) is 1. The molecule has 1 N–H and O–H groups in total. The average molecular weight is 376 g/mol. The van der Waals surface area contributed by atoms with Crippen LogP contribution < -0.4 is 5.32 Å². The predicted molar refractivity (Wildman–Crippen MR) is 104 cm³/mol. The molecule has 1 saturated carbocycles. The zero-order chi connectivity index (χ0) is 19.2. The SMILES string of the molecule is CCC[C@@H]1c2cccn2CCN1C(=O)NCC1CCC(C(=O)OCC)CC1. The fourth-order valence-corrected chi connectivity index (χ4v) is 4.48. The second kappa shape index (κ2) is 9.29. The van der Waals surface area contributed by atoms with Crippen LogP contribution in [0.4, 0.5) is 4.79 Å². The number of esters is 1. The molecule has 2 amide bonds. The summed E-state index contributed by atoms with van der Waals surface area (Å²) >= 11 is 0. The third kappa shape index (κ3) is 4.66. The number of rotatable bonds is 6. The summed E-state index contributed by atoms with van der Waals surface area (Å²) in [7, 11) is 0. The highest BCUT2D eigenvalue weighted by atomic mass is 16.5. The number of amides is 2. The van der Waals surface area contributed by atoms with Crippen LogP contribution >= 0.6 is 0 Å². The van der Waals surface area contributed by atoms with Gasteiger partial charge in [-0.2, -0.15) is 0 Å². The first-order valence-electron chi connectivity index (χ1n) is 10.5. The summed E-state index contributed by atoms with van der Waals surface area (Å²) in [5, 5.41) is 3.16. The lowest BCUT2D eigenvalue weighted by Crippen LogP contribution is -2.48. The van der Waals surface area contributed by atoms with E-state index in [1.54, 1.807) is 0 Å². The lowest BCUT2D eigenvalue weighted by atomic mass is 9.82. The van der Waals surface area contributed by atoms with Gasteiger partial charge >= 0.3 is 12.0 Å². The number of carbonyl (C=O) groups excluding carboxylic acids is 2. The number of hydrogen-bond acceptors (Lipinski definition) is 3. The van der Waals surface area contributed by atoms with E-state index in [2.05, 4.69) is 35.1 Å². The van der Waals surface area contributed by atoms with E-state index >= 15 is 0 Å². The lowest BCUT2D eigenvalue weighted by Gasteiger charge is -2.37. The van der Waals surface area contributed by atoms with Crippen LogP contribution in [0.25, 0.3) is 0 Å². The average Bonchev–Trinajstić information content (AvgIpc) is 3.16. The van der Waals surface area contributed by atoms with Gasteiger partial charge in [0.2, 0.25) is 0 Å². The van der Waals surface area contributed by atoms with E-state index in [9.17, 15) is 9.59 Å². The zero-order valence-corrected chi connectivity index (χ0v) is 16.7. The second-order valence-corrected chi connectivity index (χ2v) is 7.78. The summed E-state index contributed by atoms with van der Waals surface area (Å²) < 4.78 is 7.40. The number of nitrogens with zero attached hydrogens (tertiary/aromatic N) is 2. The van der Waals surface area contributed by atoms with E-state index in [0.717, 1.165) is 51.6 Å². The molecule has 0 spiro atoms. The van der Waals surface area contributed by atoms with Gasteiger partial charge in [0, 0.05) is 31.5 Å². The van der Waals surface area contributed by atoms with Gasteiger partial charge in [0.25, 0.3) is 0 Å². The van der Waals surface area contributed by atoms with E-state index in [1.165, 1.54) is 5.69 Å². The van der Waals surface area contributed by atoms with Gasteiger partial charge in [-0.3, -0.25) is 4.79 Å².